The van der Waals surface area contributed by atoms with Crippen LogP contribution >= 0.6 is 0 Å². The molecule has 0 aromatic carbocycles. The number of nitrogens with one attached hydrogen (secondary N) is 1. The molecule has 0 radical (unpaired) electrons. The number of ether oxygens (including phenoxy) is 1. The van der Waals surface area contributed by atoms with Crippen LogP contribution in [-0.4, -0.2) is 12.6 Å². The minimum absolute atomic E-state index is 0.415. The van der Waals surface area contributed by atoms with Crippen molar-refractivity contribution in [2.24, 2.45) is 0 Å². The van der Waals surface area contributed by atoms with Gasteiger partial charge in [0.1, 0.15) is 0 Å². The van der Waals surface area contributed by atoms with Crippen molar-refractivity contribution in [3.8, 4) is 0 Å². The summed E-state index contributed by atoms with van der Waals surface area (Å²) in [6.45, 7) is 6.11. The van der Waals surface area contributed by atoms with Gasteiger partial charge in [0.15, 0.2) is 0 Å². The van der Waals surface area contributed by atoms with E-state index >= 15 is 0 Å². The molecule has 0 aromatic heterocycles. The SMILES string of the molecule is C=COC(=O)NCCCCCC. The fraction of sp³-hybridized carbons (Fsp3) is 0.667. The van der Waals surface area contributed by atoms with Gasteiger partial charge in [0.25, 0.3) is 0 Å². The molecule has 0 bridgehead atoms. The van der Waals surface area contributed by atoms with Crippen molar-refractivity contribution in [2.45, 2.75) is 32.6 Å². The Hall–Kier alpha value is -0.990. The van der Waals surface area contributed by atoms with E-state index in [1.807, 2.05) is 0 Å². The first-order chi connectivity index (χ1) is 5.81. The van der Waals surface area contributed by atoms with Gasteiger partial charge in [0, 0.05) is 6.54 Å². The second kappa shape index (κ2) is 8.11. The quantitative estimate of drug-likeness (QED) is 0.492. The summed E-state index contributed by atoms with van der Waals surface area (Å²) in [5, 5.41) is 2.61. The molecule has 0 aromatic rings. The molecule has 0 atom stereocenters. The summed E-state index contributed by atoms with van der Waals surface area (Å²) in [6.07, 6.45) is 5.31. The summed E-state index contributed by atoms with van der Waals surface area (Å²) < 4.78 is 4.46. The van der Waals surface area contributed by atoms with Crippen LogP contribution in [0.4, 0.5) is 4.79 Å². The van der Waals surface area contributed by atoms with Gasteiger partial charge in [-0.1, -0.05) is 32.8 Å². The van der Waals surface area contributed by atoms with Crippen molar-refractivity contribution >= 4 is 6.09 Å². The minimum atomic E-state index is -0.415. The van der Waals surface area contributed by atoms with Gasteiger partial charge in [0.05, 0.1) is 6.26 Å². The molecule has 70 valence electrons. The van der Waals surface area contributed by atoms with Gasteiger partial charge in [-0.05, 0) is 6.42 Å². The molecule has 3 nitrogen and oxygen atoms in total. The number of unbranched alkanes of at least 4 members (excludes halogenated alkanes) is 3. The third-order valence-corrected chi connectivity index (χ3v) is 1.49. The highest BCUT2D eigenvalue weighted by molar-refractivity contribution is 5.67. The fourth-order valence-corrected chi connectivity index (χ4v) is 0.860. The first kappa shape index (κ1) is 11.0. The number of rotatable bonds is 6. The predicted octanol–water partition coefficient (Wildman–Crippen LogP) is 2.44. The van der Waals surface area contributed by atoms with Gasteiger partial charge < -0.3 is 10.1 Å². The van der Waals surface area contributed by atoms with Crippen molar-refractivity contribution < 1.29 is 9.53 Å². The normalized spacial score (nSPS) is 9.08. The highest BCUT2D eigenvalue weighted by Crippen LogP contribution is 1.96. The Bertz CT molecular complexity index is 134. The van der Waals surface area contributed by atoms with Crippen molar-refractivity contribution in [2.75, 3.05) is 6.54 Å². The number of amides is 1. The van der Waals surface area contributed by atoms with E-state index < -0.39 is 6.09 Å². The van der Waals surface area contributed by atoms with Crippen molar-refractivity contribution in [3.05, 3.63) is 12.8 Å². The zero-order valence-corrected chi connectivity index (χ0v) is 7.64. The van der Waals surface area contributed by atoms with Crippen molar-refractivity contribution in [1.29, 1.82) is 0 Å². The predicted molar refractivity (Wildman–Crippen MR) is 48.8 cm³/mol. The van der Waals surface area contributed by atoms with E-state index in [-0.39, 0.29) is 0 Å². The third-order valence-electron chi connectivity index (χ3n) is 1.49. The Morgan fingerprint density at radius 3 is 2.83 bits per heavy atom. The molecule has 0 spiro atoms. The summed E-state index contributed by atoms with van der Waals surface area (Å²) >= 11 is 0. The van der Waals surface area contributed by atoms with Crippen LogP contribution < -0.4 is 5.32 Å². The van der Waals surface area contributed by atoms with E-state index in [0.29, 0.717) is 6.54 Å². The van der Waals surface area contributed by atoms with E-state index in [0.717, 1.165) is 19.1 Å². The highest BCUT2D eigenvalue weighted by Gasteiger charge is 1.96. The van der Waals surface area contributed by atoms with Crippen LogP contribution in [0, 0.1) is 0 Å². The van der Waals surface area contributed by atoms with E-state index in [9.17, 15) is 4.79 Å². The summed E-state index contributed by atoms with van der Waals surface area (Å²) in [5.74, 6) is 0. The molecular weight excluding hydrogens is 154 g/mol. The number of alkyl carbamates (subject to hydrolysis) is 1. The maximum Gasteiger partial charge on any atom is 0.411 e. The molecule has 0 unspecified atom stereocenters. The summed E-state index contributed by atoms with van der Waals surface area (Å²) in [7, 11) is 0. The molecule has 12 heavy (non-hydrogen) atoms. The zero-order valence-electron chi connectivity index (χ0n) is 7.64. The first-order valence-corrected chi connectivity index (χ1v) is 4.36. The average molecular weight is 171 g/mol. The summed E-state index contributed by atoms with van der Waals surface area (Å²) in [5.41, 5.74) is 0. The second-order valence-electron chi connectivity index (χ2n) is 2.56. The monoisotopic (exact) mass is 171 g/mol. The molecular formula is C9H17NO2. The minimum Gasteiger partial charge on any atom is -0.419 e. The third kappa shape index (κ3) is 7.12. The lowest BCUT2D eigenvalue weighted by atomic mass is 10.2. The second-order valence-corrected chi connectivity index (χ2v) is 2.56. The molecule has 0 saturated heterocycles. The Balaban J connectivity index is 3.08. The Morgan fingerprint density at radius 2 is 2.25 bits per heavy atom. The molecule has 1 N–H and O–H groups in total. The van der Waals surface area contributed by atoms with Gasteiger partial charge in [-0.15, -0.1) is 0 Å². The van der Waals surface area contributed by atoms with Crippen LogP contribution in [0.25, 0.3) is 0 Å². The van der Waals surface area contributed by atoms with Crippen LogP contribution in [0.5, 0.6) is 0 Å². The molecule has 0 aliphatic carbocycles. The molecule has 0 rings (SSSR count). The number of carbonyl (C=O) groups is 1. The summed E-state index contributed by atoms with van der Waals surface area (Å²) in [6, 6.07) is 0. The first-order valence-electron chi connectivity index (χ1n) is 4.36. The Labute approximate surface area is 73.8 Å². The molecule has 0 saturated carbocycles. The van der Waals surface area contributed by atoms with Crippen molar-refractivity contribution in [1.82, 2.24) is 5.32 Å². The maximum atomic E-state index is 10.7. The van der Waals surface area contributed by atoms with Gasteiger partial charge in [-0.25, -0.2) is 4.79 Å². The lowest BCUT2D eigenvalue weighted by molar-refractivity contribution is 0.185. The van der Waals surface area contributed by atoms with Crippen LogP contribution in [0.2, 0.25) is 0 Å². The molecule has 0 aliphatic heterocycles. The largest absolute Gasteiger partial charge is 0.419 e. The lowest BCUT2D eigenvalue weighted by Crippen LogP contribution is -2.23. The summed E-state index contributed by atoms with van der Waals surface area (Å²) in [4.78, 5) is 10.7. The van der Waals surface area contributed by atoms with Gasteiger partial charge in [-0.2, -0.15) is 0 Å². The standard InChI is InChI=1S/C9H17NO2/c1-3-5-6-7-8-10-9(11)12-4-2/h4H,2-3,5-8H2,1H3,(H,10,11). The molecule has 3 heteroatoms. The van der Waals surface area contributed by atoms with Gasteiger partial charge in [-0.3, -0.25) is 0 Å². The van der Waals surface area contributed by atoms with E-state index in [1.165, 1.54) is 12.8 Å². The topological polar surface area (TPSA) is 38.3 Å². The van der Waals surface area contributed by atoms with Crippen LogP contribution in [0.3, 0.4) is 0 Å². The van der Waals surface area contributed by atoms with Gasteiger partial charge >= 0.3 is 6.09 Å². The number of hydrogen-bond donors (Lipinski definition) is 1. The van der Waals surface area contributed by atoms with Gasteiger partial charge in [0.2, 0.25) is 0 Å². The zero-order chi connectivity index (χ0) is 9.23. The van der Waals surface area contributed by atoms with E-state index in [1.54, 1.807) is 0 Å². The van der Waals surface area contributed by atoms with Crippen LogP contribution in [-0.2, 0) is 4.74 Å². The molecule has 0 aliphatic rings. The molecule has 1 amide bonds. The molecule has 0 heterocycles. The van der Waals surface area contributed by atoms with Crippen molar-refractivity contribution in [3.63, 3.8) is 0 Å². The van der Waals surface area contributed by atoms with Crippen LogP contribution in [0.15, 0.2) is 12.8 Å². The fourth-order valence-electron chi connectivity index (χ4n) is 0.860. The molecule has 0 fully saturated rings. The smallest absolute Gasteiger partial charge is 0.411 e. The number of carbonyl (C=O) groups excluding carboxylic acids is 1. The van der Waals surface area contributed by atoms with E-state index in [2.05, 4.69) is 23.6 Å². The lowest BCUT2D eigenvalue weighted by Gasteiger charge is -2.02. The maximum absolute atomic E-state index is 10.7. The number of hydrogen-bond acceptors (Lipinski definition) is 2. The highest BCUT2D eigenvalue weighted by atomic mass is 16.5. The average Bonchev–Trinajstić information content (AvgIpc) is 2.05. The van der Waals surface area contributed by atoms with E-state index in [4.69, 9.17) is 0 Å². The Morgan fingerprint density at radius 1 is 1.50 bits per heavy atom. The van der Waals surface area contributed by atoms with Crippen LogP contribution in [0.1, 0.15) is 32.6 Å². The Kier molecular flexibility index (Phi) is 7.44.